The van der Waals surface area contributed by atoms with Crippen LogP contribution in [-0.4, -0.2) is 29.5 Å². The molecule has 1 aromatic heterocycles. The Labute approximate surface area is 74.8 Å². The third-order valence-electron chi connectivity index (χ3n) is 1.76. The van der Waals surface area contributed by atoms with Crippen LogP contribution < -0.4 is 16.0 Å². The van der Waals surface area contributed by atoms with Gasteiger partial charge in [-0.15, -0.1) is 0 Å². The Bertz CT molecular complexity index is 336. The van der Waals surface area contributed by atoms with Crippen LogP contribution in [-0.2, 0) is 4.79 Å². The number of aromatic nitrogens is 2. The third kappa shape index (κ3) is 1.26. The highest BCUT2D eigenvalue weighted by Crippen LogP contribution is 2.27. The molecule has 6 heteroatoms. The highest BCUT2D eigenvalue weighted by Gasteiger charge is 2.18. The van der Waals surface area contributed by atoms with E-state index in [2.05, 4.69) is 25.9 Å². The Kier molecular flexibility index (Phi) is 1.73. The highest BCUT2D eigenvalue weighted by molar-refractivity contribution is 6.02. The Morgan fingerprint density at radius 2 is 2.38 bits per heavy atom. The fourth-order valence-electron chi connectivity index (χ4n) is 1.18. The smallest absolute Gasteiger partial charge is 0.243 e. The molecular weight excluding hydrogens is 170 g/mol. The largest absolute Gasteiger partial charge is 0.371 e. The molecule has 68 valence electrons. The molecule has 1 aliphatic rings. The van der Waals surface area contributed by atoms with Gasteiger partial charge in [-0.1, -0.05) is 0 Å². The molecule has 0 atom stereocenters. The van der Waals surface area contributed by atoms with E-state index in [1.54, 1.807) is 7.05 Å². The van der Waals surface area contributed by atoms with Crippen molar-refractivity contribution >= 4 is 23.2 Å². The van der Waals surface area contributed by atoms with Crippen LogP contribution in [0, 0.1) is 0 Å². The molecule has 0 unspecified atom stereocenters. The van der Waals surface area contributed by atoms with Crippen molar-refractivity contribution in [3.63, 3.8) is 0 Å². The molecule has 1 amide bonds. The summed E-state index contributed by atoms with van der Waals surface area (Å²) in [6.45, 7) is 0.257. The van der Waals surface area contributed by atoms with Gasteiger partial charge in [-0.25, -0.2) is 9.97 Å². The normalized spacial score (nSPS) is 14.1. The molecule has 0 bridgehead atoms. The Balaban J connectivity index is 2.46. The van der Waals surface area contributed by atoms with Crippen molar-refractivity contribution in [1.82, 2.24) is 9.97 Å². The Hall–Kier alpha value is -1.85. The lowest BCUT2D eigenvalue weighted by atomic mass is 10.3. The van der Waals surface area contributed by atoms with Gasteiger partial charge in [0.2, 0.25) is 5.91 Å². The number of carbonyl (C=O) groups is 1. The van der Waals surface area contributed by atoms with E-state index in [4.69, 9.17) is 0 Å². The van der Waals surface area contributed by atoms with Crippen molar-refractivity contribution < 1.29 is 4.79 Å². The molecule has 2 heterocycles. The van der Waals surface area contributed by atoms with Crippen molar-refractivity contribution in [2.24, 2.45) is 0 Å². The molecule has 0 saturated heterocycles. The number of nitrogens with one attached hydrogen (secondary N) is 3. The minimum Gasteiger partial charge on any atom is -0.371 e. The van der Waals surface area contributed by atoms with Crippen molar-refractivity contribution in [1.29, 1.82) is 0 Å². The molecule has 1 aliphatic heterocycles. The fourth-order valence-corrected chi connectivity index (χ4v) is 1.18. The predicted octanol–water partition coefficient (Wildman–Crippen LogP) is -0.118. The van der Waals surface area contributed by atoms with E-state index in [0.717, 1.165) is 0 Å². The lowest BCUT2D eigenvalue weighted by Crippen LogP contribution is -2.28. The first-order valence-electron chi connectivity index (χ1n) is 3.87. The summed E-state index contributed by atoms with van der Waals surface area (Å²) in [5, 5.41) is 8.44. The number of fused-ring (bicyclic) bond motifs is 1. The molecule has 1 aromatic rings. The van der Waals surface area contributed by atoms with Crippen LogP contribution in [0.3, 0.4) is 0 Å². The SMILES string of the molecule is CNc1ncnc2c1NC(=O)CN2. The van der Waals surface area contributed by atoms with Gasteiger partial charge in [-0.05, 0) is 0 Å². The maximum absolute atomic E-state index is 11.0. The first kappa shape index (κ1) is 7.78. The average molecular weight is 179 g/mol. The molecule has 0 aromatic carbocycles. The van der Waals surface area contributed by atoms with Gasteiger partial charge in [-0.2, -0.15) is 0 Å². The van der Waals surface area contributed by atoms with Crippen LogP contribution in [0.4, 0.5) is 17.3 Å². The molecular formula is C7H9N5O. The van der Waals surface area contributed by atoms with Crippen LogP contribution in [0.5, 0.6) is 0 Å². The van der Waals surface area contributed by atoms with E-state index < -0.39 is 0 Å². The topological polar surface area (TPSA) is 78.9 Å². The number of hydrogen-bond acceptors (Lipinski definition) is 5. The number of nitrogens with zero attached hydrogens (tertiary/aromatic N) is 2. The summed E-state index contributed by atoms with van der Waals surface area (Å²) in [6, 6.07) is 0. The summed E-state index contributed by atoms with van der Waals surface area (Å²) in [5.41, 5.74) is 0.612. The third-order valence-corrected chi connectivity index (χ3v) is 1.76. The van der Waals surface area contributed by atoms with Gasteiger partial charge >= 0.3 is 0 Å². The minimum absolute atomic E-state index is 0.0844. The number of rotatable bonds is 1. The molecule has 0 fully saturated rings. The van der Waals surface area contributed by atoms with Crippen molar-refractivity contribution in [2.45, 2.75) is 0 Å². The van der Waals surface area contributed by atoms with Gasteiger partial charge < -0.3 is 16.0 Å². The first-order valence-corrected chi connectivity index (χ1v) is 3.87. The van der Waals surface area contributed by atoms with E-state index in [1.165, 1.54) is 6.33 Å². The average Bonchev–Trinajstić information content (AvgIpc) is 2.17. The number of amides is 1. The zero-order chi connectivity index (χ0) is 9.26. The molecule has 0 radical (unpaired) electrons. The molecule has 0 saturated carbocycles. The van der Waals surface area contributed by atoms with Gasteiger partial charge in [0.15, 0.2) is 11.6 Å². The summed E-state index contributed by atoms with van der Waals surface area (Å²) in [5.74, 6) is 1.18. The Morgan fingerprint density at radius 3 is 3.15 bits per heavy atom. The van der Waals surface area contributed by atoms with Crippen molar-refractivity contribution in [3.05, 3.63) is 6.33 Å². The van der Waals surface area contributed by atoms with Crippen LogP contribution >= 0.6 is 0 Å². The summed E-state index contributed by atoms with van der Waals surface area (Å²) < 4.78 is 0. The second-order valence-corrected chi connectivity index (χ2v) is 2.60. The van der Waals surface area contributed by atoms with Gasteiger partial charge in [0.25, 0.3) is 0 Å². The van der Waals surface area contributed by atoms with E-state index in [-0.39, 0.29) is 12.5 Å². The second-order valence-electron chi connectivity index (χ2n) is 2.60. The first-order chi connectivity index (χ1) is 6.31. The van der Waals surface area contributed by atoms with Crippen molar-refractivity contribution in [3.8, 4) is 0 Å². The summed E-state index contributed by atoms with van der Waals surface area (Å²) >= 11 is 0. The minimum atomic E-state index is -0.0844. The molecule has 6 nitrogen and oxygen atoms in total. The zero-order valence-electron chi connectivity index (χ0n) is 7.09. The summed E-state index contributed by atoms with van der Waals surface area (Å²) in [7, 11) is 1.74. The van der Waals surface area contributed by atoms with Crippen molar-refractivity contribution in [2.75, 3.05) is 29.5 Å². The lowest BCUT2D eigenvalue weighted by molar-refractivity contribution is -0.114. The highest BCUT2D eigenvalue weighted by atomic mass is 16.2. The molecule has 13 heavy (non-hydrogen) atoms. The fraction of sp³-hybridized carbons (Fsp3) is 0.286. The van der Waals surface area contributed by atoms with Crippen LogP contribution in [0.15, 0.2) is 6.33 Å². The van der Waals surface area contributed by atoms with Crippen LogP contribution in [0.25, 0.3) is 0 Å². The molecule has 3 N–H and O–H groups in total. The van der Waals surface area contributed by atoms with Crippen LogP contribution in [0.2, 0.25) is 0 Å². The van der Waals surface area contributed by atoms with Gasteiger partial charge in [0, 0.05) is 7.05 Å². The number of carbonyl (C=O) groups excluding carboxylic acids is 1. The zero-order valence-corrected chi connectivity index (χ0v) is 7.09. The Morgan fingerprint density at radius 1 is 1.54 bits per heavy atom. The maximum atomic E-state index is 11.0. The number of anilines is 3. The lowest BCUT2D eigenvalue weighted by Gasteiger charge is -2.18. The second kappa shape index (κ2) is 2.89. The molecule has 2 rings (SSSR count). The molecule has 0 spiro atoms. The van der Waals surface area contributed by atoms with Gasteiger partial charge in [0.1, 0.15) is 12.0 Å². The quantitative estimate of drug-likeness (QED) is 0.560. The number of hydrogen-bond donors (Lipinski definition) is 3. The summed E-state index contributed by atoms with van der Waals surface area (Å²) in [6.07, 6.45) is 1.44. The van der Waals surface area contributed by atoms with Crippen LogP contribution in [0.1, 0.15) is 0 Å². The standard InChI is InChI=1S/C7H9N5O/c1-8-6-5-7(11-3-10-6)9-2-4(13)12-5/h3H,2H2,1H3,(H,12,13)(H2,8,9,10,11). The molecule has 0 aliphatic carbocycles. The summed E-state index contributed by atoms with van der Waals surface area (Å²) in [4.78, 5) is 19.0. The van der Waals surface area contributed by atoms with Gasteiger partial charge in [-0.3, -0.25) is 4.79 Å². The predicted molar refractivity (Wildman–Crippen MR) is 48.7 cm³/mol. The van der Waals surface area contributed by atoms with E-state index in [9.17, 15) is 4.79 Å². The van der Waals surface area contributed by atoms with E-state index in [1.807, 2.05) is 0 Å². The maximum Gasteiger partial charge on any atom is 0.243 e. The van der Waals surface area contributed by atoms with E-state index in [0.29, 0.717) is 17.3 Å². The van der Waals surface area contributed by atoms with E-state index >= 15 is 0 Å². The monoisotopic (exact) mass is 179 g/mol. The van der Waals surface area contributed by atoms with Gasteiger partial charge in [0.05, 0.1) is 6.54 Å².